The largest absolute Gasteiger partial charge is 0.348 e. The molecule has 0 radical (unpaired) electrons. The Kier molecular flexibility index (Phi) is 4.83. The van der Waals surface area contributed by atoms with Crippen molar-refractivity contribution in [3.05, 3.63) is 66.7 Å². The van der Waals surface area contributed by atoms with Gasteiger partial charge in [-0.25, -0.2) is 9.67 Å². The molecule has 2 aromatic heterocycles. The van der Waals surface area contributed by atoms with Crippen LogP contribution in [0.3, 0.4) is 0 Å². The smallest absolute Gasteiger partial charge is 0.244 e. The van der Waals surface area contributed by atoms with Crippen LogP contribution in [0, 0.1) is 0 Å². The van der Waals surface area contributed by atoms with Crippen molar-refractivity contribution in [2.24, 2.45) is 0 Å². The topological polar surface area (TPSA) is 59.8 Å². The van der Waals surface area contributed by atoms with Gasteiger partial charge in [-0.2, -0.15) is 5.10 Å². The lowest BCUT2D eigenvalue weighted by Crippen LogP contribution is -2.20. The number of hydrogen-bond donors (Lipinski definition) is 1. The van der Waals surface area contributed by atoms with Gasteiger partial charge in [0.25, 0.3) is 0 Å². The molecule has 20 heavy (non-hydrogen) atoms. The number of rotatable bonds is 5. The fraction of sp³-hybridized carbons (Fsp3) is 0.133. The molecule has 1 amide bonds. The number of pyridine rings is 1. The molecular weight excluding hydrogens is 252 g/mol. The van der Waals surface area contributed by atoms with Crippen LogP contribution >= 0.6 is 0 Å². The van der Waals surface area contributed by atoms with E-state index in [1.807, 2.05) is 43.5 Å². The van der Waals surface area contributed by atoms with Crippen LogP contribution in [0.2, 0.25) is 0 Å². The molecule has 0 aliphatic carbocycles. The predicted octanol–water partition coefficient (Wildman–Crippen LogP) is 2.02. The lowest BCUT2D eigenvalue weighted by molar-refractivity contribution is -0.116. The summed E-state index contributed by atoms with van der Waals surface area (Å²) in [5.74, 6) is 0.603. The van der Waals surface area contributed by atoms with E-state index >= 15 is 0 Å². The molecule has 0 aliphatic rings. The Morgan fingerprint density at radius 2 is 2.30 bits per heavy atom. The summed E-state index contributed by atoms with van der Waals surface area (Å²) >= 11 is 0. The zero-order valence-electron chi connectivity index (χ0n) is 11.2. The number of allylic oxidation sites excluding steroid dienone is 3. The van der Waals surface area contributed by atoms with E-state index in [2.05, 4.69) is 15.4 Å². The second-order valence-corrected chi connectivity index (χ2v) is 4.08. The van der Waals surface area contributed by atoms with E-state index in [1.165, 1.54) is 6.08 Å². The highest BCUT2D eigenvalue weighted by molar-refractivity contribution is 5.87. The van der Waals surface area contributed by atoms with E-state index in [-0.39, 0.29) is 5.91 Å². The average Bonchev–Trinajstić information content (AvgIpc) is 3.00. The number of carbonyl (C=O) groups is 1. The zero-order valence-corrected chi connectivity index (χ0v) is 11.2. The summed E-state index contributed by atoms with van der Waals surface area (Å²) in [5, 5.41) is 6.93. The van der Waals surface area contributed by atoms with Crippen molar-refractivity contribution in [1.82, 2.24) is 20.1 Å². The number of aromatic nitrogens is 3. The third-order valence-electron chi connectivity index (χ3n) is 2.57. The second kappa shape index (κ2) is 7.04. The highest BCUT2D eigenvalue weighted by Gasteiger charge is 2.01. The van der Waals surface area contributed by atoms with Crippen LogP contribution in [0.5, 0.6) is 0 Å². The minimum absolute atomic E-state index is 0.124. The predicted molar refractivity (Wildman–Crippen MR) is 77.2 cm³/mol. The van der Waals surface area contributed by atoms with Gasteiger partial charge >= 0.3 is 0 Å². The van der Waals surface area contributed by atoms with Gasteiger partial charge in [-0.15, -0.1) is 0 Å². The molecule has 0 unspecified atom stereocenters. The number of hydrogen-bond acceptors (Lipinski definition) is 3. The van der Waals surface area contributed by atoms with E-state index in [9.17, 15) is 4.79 Å². The number of carbonyl (C=O) groups excluding carboxylic acids is 1. The van der Waals surface area contributed by atoms with Gasteiger partial charge in [-0.1, -0.05) is 18.2 Å². The molecule has 2 heterocycles. The minimum atomic E-state index is -0.124. The van der Waals surface area contributed by atoms with Crippen LogP contribution in [0.4, 0.5) is 0 Å². The van der Waals surface area contributed by atoms with Gasteiger partial charge in [0.1, 0.15) is 0 Å². The summed E-state index contributed by atoms with van der Waals surface area (Å²) in [6.07, 6.45) is 12.1. The Bertz CT molecular complexity index is 615. The van der Waals surface area contributed by atoms with Crippen LogP contribution < -0.4 is 5.32 Å². The van der Waals surface area contributed by atoms with Crippen molar-refractivity contribution in [3.8, 4) is 5.82 Å². The van der Waals surface area contributed by atoms with Crippen LogP contribution in [-0.2, 0) is 11.3 Å². The lowest BCUT2D eigenvalue weighted by Gasteiger charge is -2.05. The normalized spacial score (nSPS) is 11.2. The zero-order chi connectivity index (χ0) is 14.2. The van der Waals surface area contributed by atoms with Gasteiger partial charge in [0.2, 0.25) is 5.91 Å². The Balaban J connectivity index is 1.97. The SMILES string of the molecule is C/C=C/C=C/C(=O)NCc1ccnc(-n2cccn2)c1. The van der Waals surface area contributed by atoms with Crippen LogP contribution in [0.1, 0.15) is 12.5 Å². The number of amides is 1. The molecule has 0 atom stereocenters. The van der Waals surface area contributed by atoms with Crippen molar-refractivity contribution in [2.45, 2.75) is 13.5 Å². The monoisotopic (exact) mass is 268 g/mol. The van der Waals surface area contributed by atoms with Gasteiger partial charge in [-0.3, -0.25) is 4.79 Å². The fourth-order valence-corrected chi connectivity index (χ4v) is 1.60. The third-order valence-corrected chi connectivity index (χ3v) is 2.57. The van der Waals surface area contributed by atoms with Gasteiger partial charge in [0.05, 0.1) is 0 Å². The highest BCUT2D eigenvalue weighted by Crippen LogP contribution is 2.05. The quantitative estimate of drug-likeness (QED) is 0.666. The van der Waals surface area contributed by atoms with E-state index < -0.39 is 0 Å². The molecule has 5 heteroatoms. The molecule has 5 nitrogen and oxygen atoms in total. The summed E-state index contributed by atoms with van der Waals surface area (Å²) in [7, 11) is 0. The van der Waals surface area contributed by atoms with Gasteiger partial charge in [0, 0.05) is 31.2 Å². The average molecular weight is 268 g/mol. The van der Waals surface area contributed by atoms with Crippen molar-refractivity contribution in [3.63, 3.8) is 0 Å². The first-order valence-electron chi connectivity index (χ1n) is 6.32. The Labute approximate surface area is 117 Å². The van der Waals surface area contributed by atoms with E-state index in [1.54, 1.807) is 23.2 Å². The molecular formula is C15H16N4O. The molecule has 0 aromatic carbocycles. The molecule has 0 fully saturated rings. The molecule has 0 saturated heterocycles. The molecule has 0 spiro atoms. The van der Waals surface area contributed by atoms with Gasteiger partial charge < -0.3 is 5.32 Å². The van der Waals surface area contributed by atoms with Crippen molar-refractivity contribution < 1.29 is 4.79 Å². The Morgan fingerprint density at radius 1 is 1.40 bits per heavy atom. The summed E-state index contributed by atoms with van der Waals surface area (Å²) in [4.78, 5) is 15.8. The maximum absolute atomic E-state index is 11.5. The number of nitrogens with one attached hydrogen (secondary N) is 1. The summed E-state index contributed by atoms with van der Waals surface area (Å²) in [6, 6.07) is 5.59. The maximum Gasteiger partial charge on any atom is 0.244 e. The van der Waals surface area contributed by atoms with Gasteiger partial charge in [-0.05, 0) is 30.7 Å². The molecule has 2 rings (SSSR count). The standard InChI is InChI=1S/C15H16N4O/c1-2-3-4-6-15(20)17-12-13-7-9-16-14(11-13)19-10-5-8-18-19/h2-11H,12H2,1H3,(H,17,20)/b3-2+,6-4+. The number of nitrogens with zero attached hydrogens (tertiary/aromatic N) is 3. The Morgan fingerprint density at radius 3 is 3.05 bits per heavy atom. The van der Waals surface area contributed by atoms with Crippen molar-refractivity contribution in [2.75, 3.05) is 0 Å². The minimum Gasteiger partial charge on any atom is -0.348 e. The first-order chi connectivity index (χ1) is 9.79. The summed E-state index contributed by atoms with van der Waals surface area (Å²) < 4.78 is 1.68. The molecule has 1 N–H and O–H groups in total. The van der Waals surface area contributed by atoms with Crippen LogP contribution in [-0.4, -0.2) is 20.7 Å². The van der Waals surface area contributed by atoms with E-state index in [0.29, 0.717) is 6.54 Å². The summed E-state index contributed by atoms with van der Waals surface area (Å²) in [6.45, 7) is 2.35. The van der Waals surface area contributed by atoms with Crippen molar-refractivity contribution >= 4 is 5.91 Å². The van der Waals surface area contributed by atoms with Gasteiger partial charge in [0.15, 0.2) is 5.82 Å². The first-order valence-corrected chi connectivity index (χ1v) is 6.32. The summed E-state index contributed by atoms with van der Waals surface area (Å²) in [5.41, 5.74) is 0.971. The van der Waals surface area contributed by atoms with Crippen molar-refractivity contribution in [1.29, 1.82) is 0 Å². The highest BCUT2D eigenvalue weighted by atomic mass is 16.1. The second-order valence-electron chi connectivity index (χ2n) is 4.08. The lowest BCUT2D eigenvalue weighted by atomic mass is 10.2. The maximum atomic E-state index is 11.5. The van der Waals surface area contributed by atoms with E-state index in [0.717, 1.165) is 11.4 Å². The molecule has 0 saturated carbocycles. The van der Waals surface area contributed by atoms with Crippen LogP contribution in [0.15, 0.2) is 61.1 Å². The third kappa shape index (κ3) is 3.91. The molecule has 0 bridgehead atoms. The molecule has 102 valence electrons. The fourth-order valence-electron chi connectivity index (χ4n) is 1.60. The molecule has 2 aromatic rings. The Hall–Kier alpha value is -2.69. The van der Waals surface area contributed by atoms with Crippen LogP contribution in [0.25, 0.3) is 5.82 Å². The van der Waals surface area contributed by atoms with E-state index in [4.69, 9.17) is 0 Å². The first kappa shape index (κ1) is 13.7. The molecule has 0 aliphatic heterocycles.